The van der Waals surface area contributed by atoms with Gasteiger partial charge in [0.2, 0.25) is 0 Å². The van der Waals surface area contributed by atoms with Gasteiger partial charge in [-0.1, -0.05) is 12.1 Å². The van der Waals surface area contributed by atoms with Gasteiger partial charge in [0, 0.05) is 35.6 Å². The number of ketones is 1. The van der Waals surface area contributed by atoms with E-state index in [1.165, 1.54) is 25.7 Å². The largest absolute Gasteiger partial charge is 0.299 e. The number of nitrogens with zero attached hydrogens (tertiary/aromatic N) is 2. The maximum atomic E-state index is 13.4. The second-order valence-corrected chi connectivity index (χ2v) is 7.34. The van der Waals surface area contributed by atoms with Crippen LogP contribution in [0.1, 0.15) is 37.1 Å². The Labute approximate surface area is 143 Å². The molecule has 0 saturated heterocycles. The Morgan fingerprint density at radius 3 is 1.62 bits per heavy atom. The van der Waals surface area contributed by atoms with Crippen LogP contribution in [0.15, 0.2) is 48.8 Å². The maximum absolute atomic E-state index is 13.4. The fraction of sp³-hybridized carbons (Fsp3) is 0.476. The number of aromatic nitrogens is 2. The monoisotopic (exact) mass is 320 g/mol. The summed E-state index contributed by atoms with van der Waals surface area (Å²) in [4.78, 5) is 22.3. The third-order valence-electron chi connectivity index (χ3n) is 5.42. The topological polar surface area (TPSA) is 42.9 Å². The number of carbonyl (C=O) groups excluding carboxylic acids is 1. The number of pyridine rings is 2. The van der Waals surface area contributed by atoms with E-state index in [9.17, 15) is 4.79 Å². The smallest absolute Gasteiger partial charge is 0.140 e. The molecular weight excluding hydrogens is 296 g/mol. The van der Waals surface area contributed by atoms with Gasteiger partial charge in [0.15, 0.2) is 0 Å². The molecule has 0 bridgehead atoms. The normalized spacial score (nSPS) is 19.7. The lowest BCUT2D eigenvalue weighted by Crippen LogP contribution is -2.30. The highest BCUT2D eigenvalue weighted by Gasteiger charge is 2.44. The average molecular weight is 320 g/mol. The molecule has 2 fully saturated rings. The molecule has 2 atom stereocenters. The summed E-state index contributed by atoms with van der Waals surface area (Å²) >= 11 is 0. The van der Waals surface area contributed by atoms with Crippen molar-refractivity contribution < 1.29 is 4.79 Å². The first-order valence-electron chi connectivity index (χ1n) is 9.15. The van der Waals surface area contributed by atoms with E-state index in [-0.39, 0.29) is 11.8 Å². The van der Waals surface area contributed by atoms with E-state index in [1.807, 2.05) is 48.8 Å². The Morgan fingerprint density at radius 2 is 1.29 bits per heavy atom. The molecule has 0 spiro atoms. The zero-order valence-corrected chi connectivity index (χ0v) is 14.0. The molecule has 2 aliphatic carbocycles. The van der Waals surface area contributed by atoms with Gasteiger partial charge in [-0.3, -0.25) is 14.8 Å². The molecule has 4 rings (SSSR count). The number of carbonyl (C=O) groups is 1. The minimum atomic E-state index is 0.147. The van der Waals surface area contributed by atoms with Gasteiger partial charge in [-0.15, -0.1) is 0 Å². The van der Waals surface area contributed by atoms with E-state index >= 15 is 0 Å². The molecule has 0 amide bonds. The van der Waals surface area contributed by atoms with Crippen LogP contribution in [0.5, 0.6) is 0 Å². The van der Waals surface area contributed by atoms with Gasteiger partial charge >= 0.3 is 0 Å². The minimum Gasteiger partial charge on any atom is -0.299 e. The van der Waals surface area contributed by atoms with E-state index in [4.69, 9.17) is 0 Å². The fourth-order valence-corrected chi connectivity index (χ4v) is 3.76. The molecule has 2 saturated carbocycles. The Hall–Kier alpha value is -2.03. The van der Waals surface area contributed by atoms with Crippen molar-refractivity contribution in [3.8, 4) is 0 Å². The van der Waals surface area contributed by atoms with Crippen LogP contribution in [0, 0.1) is 23.7 Å². The summed E-state index contributed by atoms with van der Waals surface area (Å²) in [5, 5.41) is 0. The summed E-state index contributed by atoms with van der Waals surface area (Å²) in [6.07, 6.45) is 10.1. The van der Waals surface area contributed by atoms with Crippen molar-refractivity contribution in [1.29, 1.82) is 0 Å². The Kier molecular flexibility index (Phi) is 4.42. The first kappa shape index (κ1) is 15.5. The second-order valence-electron chi connectivity index (χ2n) is 7.34. The molecule has 0 N–H and O–H groups in total. The third-order valence-corrected chi connectivity index (χ3v) is 5.42. The van der Waals surface area contributed by atoms with Crippen LogP contribution in [-0.2, 0) is 17.6 Å². The van der Waals surface area contributed by atoms with Gasteiger partial charge in [0.05, 0.1) is 0 Å². The van der Waals surface area contributed by atoms with Gasteiger partial charge < -0.3 is 0 Å². The van der Waals surface area contributed by atoms with Gasteiger partial charge in [0.25, 0.3) is 0 Å². The molecule has 2 aromatic rings. The predicted molar refractivity (Wildman–Crippen MR) is 93.3 cm³/mol. The lowest BCUT2D eigenvalue weighted by Gasteiger charge is -2.22. The van der Waals surface area contributed by atoms with Crippen LogP contribution in [0.3, 0.4) is 0 Å². The summed E-state index contributed by atoms with van der Waals surface area (Å²) < 4.78 is 0. The standard InChI is InChI=1S/C21H24N2O/c24-21(19(15-7-8-15)13-17-5-1-3-11-22-17)20(16-9-10-16)14-18-6-2-4-12-23-18/h1-6,11-12,15-16,19-20H,7-10,13-14H2. The lowest BCUT2D eigenvalue weighted by molar-refractivity contribution is -0.128. The molecule has 124 valence electrons. The van der Waals surface area contributed by atoms with E-state index in [0.717, 1.165) is 24.2 Å². The van der Waals surface area contributed by atoms with Crippen LogP contribution in [-0.4, -0.2) is 15.8 Å². The van der Waals surface area contributed by atoms with Gasteiger partial charge in [-0.25, -0.2) is 0 Å². The number of rotatable bonds is 8. The van der Waals surface area contributed by atoms with Crippen molar-refractivity contribution in [2.24, 2.45) is 23.7 Å². The molecule has 2 aliphatic rings. The van der Waals surface area contributed by atoms with E-state index in [1.54, 1.807) is 0 Å². The van der Waals surface area contributed by atoms with Crippen LogP contribution in [0.2, 0.25) is 0 Å². The molecule has 3 nitrogen and oxygen atoms in total. The summed E-state index contributed by atoms with van der Waals surface area (Å²) in [6, 6.07) is 12.0. The maximum Gasteiger partial charge on any atom is 0.140 e. The van der Waals surface area contributed by atoms with E-state index in [2.05, 4.69) is 9.97 Å². The van der Waals surface area contributed by atoms with Crippen molar-refractivity contribution in [2.75, 3.05) is 0 Å². The number of hydrogen-bond donors (Lipinski definition) is 0. The summed E-state index contributed by atoms with van der Waals surface area (Å²) in [5.41, 5.74) is 2.10. The molecule has 2 aromatic heterocycles. The highest BCUT2D eigenvalue weighted by molar-refractivity contribution is 5.85. The first-order chi connectivity index (χ1) is 11.8. The van der Waals surface area contributed by atoms with Crippen molar-refractivity contribution in [1.82, 2.24) is 9.97 Å². The summed E-state index contributed by atoms with van der Waals surface area (Å²) in [5.74, 6) is 1.91. The van der Waals surface area contributed by atoms with Gasteiger partial charge in [0.1, 0.15) is 5.78 Å². The molecule has 2 heterocycles. The van der Waals surface area contributed by atoms with Gasteiger partial charge in [-0.05, 0) is 74.6 Å². The summed E-state index contributed by atoms with van der Waals surface area (Å²) in [6.45, 7) is 0. The van der Waals surface area contributed by atoms with E-state index in [0.29, 0.717) is 17.6 Å². The lowest BCUT2D eigenvalue weighted by atomic mass is 9.81. The van der Waals surface area contributed by atoms with Crippen LogP contribution in [0.25, 0.3) is 0 Å². The average Bonchev–Trinajstić information content (AvgIpc) is 3.52. The first-order valence-corrected chi connectivity index (χ1v) is 9.15. The fourth-order valence-electron chi connectivity index (χ4n) is 3.76. The second kappa shape index (κ2) is 6.84. The van der Waals surface area contributed by atoms with E-state index < -0.39 is 0 Å². The van der Waals surface area contributed by atoms with Crippen LogP contribution < -0.4 is 0 Å². The Bertz CT molecular complexity index is 618. The molecule has 0 radical (unpaired) electrons. The third kappa shape index (κ3) is 3.72. The van der Waals surface area contributed by atoms with Crippen molar-refractivity contribution >= 4 is 5.78 Å². The molecule has 3 heteroatoms. The number of Topliss-reactive ketones (excluding diaryl/α,β-unsaturated/α-hetero) is 1. The summed E-state index contributed by atoms with van der Waals surface area (Å²) in [7, 11) is 0. The SMILES string of the molecule is O=C(C(Cc1ccccn1)C1CC1)C(Cc1ccccn1)C1CC1. The highest BCUT2D eigenvalue weighted by atomic mass is 16.1. The highest BCUT2D eigenvalue weighted by Crippen LogP contribution is 2.45. The van der Waals surface area contributed by atoms with Crippen molar-refractivity contribution in [2.45, 2.75) is 38.5 Å². The Balaban J connectivity index is 1.51. The molecule has 24 heavy (non-hydrogen) atoms. The minimum absolute atomic E-state index is 0.147. The molecule has 2 unspecified atom stereocenters. The number of hydrogen-bond acceptors (Lipinski definition) is 3. The van der Waals surface area contributed by atoms with Crippen LogP contribution in [0.4, 0.5) is 0 Å². The van der Waals surface area contributed by atoms with Crippen LogP contribution >= 0.6 is 0 Å². The Morgan fingerprint density at radius 1 is 0.833 bits per heavy atom. The van der Waals surface area contributed by atoms with Gasteiger partial charge in [-0.2, -0.15) is 0 Å². The van der Waals surface area contributed by atoms with Crippen molar-refractivity contribution in [3.05, 3.63) is 60.2 Å². The zero-order chi connectivity index (χ0) is 16.4. The quantitative estimate of drug-likeness (QED) is 0.741. The molecule has 0 aliphatic heterocycles. The zero-order valence-electron chi connectivity index (χ0n) is 14.0. The molecule has 0 aromatic carbocycles. The predicted octanol–water partition coefficient (Wildman–Crippen LogP) is 3.88. The van der Waals surface area contributed by atoms with Crippen molar-refractivity contribution in [3.63, 3.8) is 0 Å². The molecular formula is C21H24N2O.